The van der Waals surface area contributed by atoms with Crippen molar-refractivity contribution in [1.82, 2.24) is 5.32 Å². The van der Waals surface area contributed by atoms with Crippen molar-refractivity contribution < 1.29 is 24.2 Å². The summed E-state index contributed by atoms with van der Waals surface area (Å²) in [6, 6.07) is 13.0. The Kier molecular flexibility index (Phi) is 7.23. The van der Waals surface area contributed by atoms with E-state index in [4.69, 9.17) is 9.47 Å². The molecular formula is C21H25NO5. The van der Waals surface area contributed by atoms with Crippen molar-refractivity contribution in [3.8, 4) is 11.5 Å². The number of nitrogens with one attached hydrogen (secondary N) is 1. The SMILES string of the molecule is COc1ccc(CC(=O)NCC(Cc2cccc(C)c2)C(=O)O)cc1OC. The van der Waals surface area contributed by atoms with Crippen LogP contribution in [0.1, 0.15) is 16.7 Å². The molecule has 0 aliphatic heterocycles. The molecule has 0 saturated heterocycles. The highest BCUT2D eigenvalue weighted by molar-refractivity contribution is 5.79. The number of carbonyl (C=O) groups excluding carboxylic acids is 1. The fraction of sp³-hybridized carbons (Fsp3) is 0.333. The minimum absolute atomic E-state index is 0.0788. The molecule has 2 aromatic carbocycles. The number of amides is 1. The van der Waals surface area contributed by atoms with Crippen LogP contribution in [0, 0.1) is 12.8 Å². The Morgan fingerprint density at radius 1 is 1.04 bits per heavy atom. The predicted octanol–water partition coefficient (Wildman–Crippen LogP) is 2.61. The molecule has 1 unspecified atom stereocenters. The van der Waals surface area contributed by atoms with Crippen LogP contribution >= 0.6 is 0 Å². The van der Waals surface area contributed by atoms with Crippen LogP contribution in [0.25, 0.3) is 0 Å². The van der Waals surface area contributed by atoms with Crippen molar-refractivity contribution >= 4 is 11.9 Å². The number of hydrogen-bond acceptors (Lipinski definition) is 4. The molecule has 6 nitrogen and oxygen atoms in total. The van der Waals surface area contributed by atoms with Gasteiger partial charge in [-0.1, -0.05) is 35.9 Å². The van der Waals surface area contributed by atoms with Crippen LogP contribution in [0.5, 0.6) is 11.5 Å². The molecule has 2 N–H and O–H groups in total. The molecule has 1 amide bonds. The molecule has 2 rings (SSSR count). The van der Waals surface area contributed by atoms with Crippen LogP contribution in [-0.2, 0) is 22.4 Å². The van der Waals surface area contributed by atoms with Gasteiger partial charge in [0.1, 0.15) is 0 Å². The summed E-state index contributed by atoms with van der Waals surface area (Å²) in [5, 5.41) is 12.2. The fourth-order valence-electron chi connectivity index (χ4n) is 2.85. The van der Waals surface area contributed by atoms with Gasteiger partial charge in [-0.15, -0.1) is 0 Å². The summed E-state index contributed by atoms with van der Waals surface area (Å²) < 4.78 is 10.4. The van der Waals surface area contributed by atoms with E-state index in [1.54, 1.807) is 25.3 Å². The molecule has 0 aliphatic carbocycles. The lowest BCUT2D eigenvalue weighted by molar-refractivity contribution is -0.141. The summed E-state index contributed by atoms with van der Waals surface area (Å²) in [5.41, 5.74) is 2.78. The zero-order valence-corrected chi connectivity index (χ0v) is 15.8. The summed E-state index contributed by atoms with van der Waals surface area (Å²) in [5.74, 6) is -0.710. The number of ether oxygens (including phenoxy) is 2. The van der Waals surface area contributed by atoms with E-state index in [1.807, 2.05) is 31.2 Å². The summed E-state index contributed by atoms with van der Waals surface area (Å²) in [4.78, 5) is 23.8. The Morgan fingerprint density at radius 2 is 1.78 bits per heavy atom. The van der Waals surface area contributed by atoms with E-state index in [1.165, 1.54) is 7.11 Å². The number of rotatable bonds is 9. The van der Waals surface area contributed by atoms with Crippen molar-refractivity contribution in [2.24, 2.45) is 5.92 Å². The number of hydrogen-bond donors (Lipinski definition) is 2. The van der Waals surface area contributed by atoms with E-state index in [9.17, 15) is 14.7 Å². The Labute approximate surface area is 159 Å². The lowest BCUT2D eigenvalue weighted by atomic mass is 9.98. The molecule has 0 fully saturated rings. The topological polar surface area (TPSA) is 84.9 Å². The summed E-state index contributed by atoms with van der Waals surface area (Å²) >= 11 is 0. The van der Waals surface area contributed by atoms with Gasteiger partial charge in [0.25, 0.3) is 0 Å². The second kappa shape index (κ2) is 9.62. The zero-order valence-electron chi connectivity index (χ0n) is 15.8. The lowest BCUT2D eigenvalue weighted by Gasteiger charge is -2.14. The number of carboxylic acid groups (broad SMARTS) is 1. The smallest absolute Gasteiger partial charge is 0.308 e. The molecule has 0 aliphatic rings. The zero-order chi connectivity index (χ0) is 19.8. The molecule has 0 spiro atoms. The van der Waals surface area contributed by atoms with Crippen LogP contribution < -0.4 is 14.8 Å². The van der Waals surface area contributed by atoms with Crippen molar-refractivity contribution in [1.29, 1.82) is 0 Å². The molecule has 1 atom stereocenters. The van der Waals surface area contributed by atoms with Gasteiger partial charge in [0.15, 0.2) is 11.5 Å². The highest BCUT2D eigenvalue weighted by Crippen LogP contribution is 2.27. The minimum atomic E-state index is -0.928. The molecule has 2 aromatic rings. The first-order chi connectivity index (χ1) is 12.9. The van der Waals surface area contributed by atoms with E-state index in [-0.39, 0.29) is 18.9 Å². The Bertz CT molecular complexity index is 803. The van der Waals surface area contributed by atoms with Gasteiger partial charge in [0.2, 0.25) is 5.91 Å². The summed E-state index contributed by atoms with van der Waals surface area (Å²) in [6.07, 6.45) is 0.505. The van der Waals surface area contributed by atoms with E-state index in [0.717, 1.165) is 16.7 Å². The van der Waals surface area contributed by atoms with Crippen LogP contribution in [0.15, 0.2) is 42.5 Å². The normalized spacial score (nSPS) is 11.5. The van der Waals surface area contributed by atoms with E-state index >= 15 is 0 Å². The molecule has 0 bridgehead atoms. The number of carboxylic acids is 1. The molecule has 0 radical (unpaired) electrons. The Morgan fingerprint density at radius 3 is 2.41 bits per heavy atom. The molecule has 0 saturated carbocycles. The number of methoxy groups -OCH3 is 2. The standard InChI is InChI=1S/C21H25NO5/c1-14-5-4-6-15(9-14)10-17(21(24)25)13-22-20(23)12-16-7-8-18(26-2)19(11-16)27-3/h4-9,11,17H,10,12-13H2,1-3H3,(H,22,23)(H,24,25). The van der Waals surface area contributed by atoms with Crippen LogP contribution in [0.3, 0.4) is 0 Å². The van der Waals surface area contributed by atoms with E-state index < -0.39 is 11.9 Å². The number of carbonyl (C=O) groups is 2. The third kappa shape index (κ3) is 6.02. The maximum Gasteiger partial charge on any atom is 0.308 e. The largest absolute Gasteiger partial charge is 0.493 e. The number of aliphatic carboxylic acids is 1. The van der Waals surface area contributed by atoms with Gasteiger partial charge in [0, 0.05) is 6.54 Å². The number of aryl methyl sites for hydroxylation is 1. The van der Waals surface area contributed by atoms with Gasteiger partial charge < -0.3 is 19.9 Å². The highest BCUT2D eigenvalue weighted by Gasteiger charge is 2.19. The van der Waals surface area contributed by atoms with Gasteiger partial charge in [0.05, 0.1) is 26.6 Å². The second-order valence-electron chi connectivity index (χ2n) is 6.40. The lowest BCUT2D eigenvalue weighted by Crippen LogP contribution is -2.34. The maximum atomic E-state index is 12.2. The first kappa shape index (κ1) is 20.3. The molecule has 144 valence electrons. The average molecular weight is 371 g/mol. The molecule has 6 heteroatoms. The highest BCUT2D eigenvalue weighted by atomic mass is 16.5. The molecule has 27 heavy (non-hydrogen) atoms. The number of benzene rings is 2. The van der Waals surface area contributed by atoms with E-state index in [2.05, 4.69) is 5.32 Å². The first-order valence-corrected chi connectivity index (χ1v) is 8.69. The third-order valence-electron chi connectivity index (χ3n) is 4.27. The van der Waals surface area contributed by atoms with Crippen molar-refractivity contribution in [3.63, 3.8) is 0 Å². The molecular weight excluding hydrogens is 346 g/mol. The van der Waals surface area contributed by atoms with Crippen LogP contribution in [0.4, 0.5) is 0 Å². The predicted molar refractivity (Wildman–Crippen MR) is 102 cm³/mol. The quantitative estimate of drug-likeness (QED) is 0.708. The fourth-order valence-corrected chi connectivity index (χ4v) is 2.85. The van der Waals surface area contributed by atoms with Crippen LogP contribution in [-0.4, -0.2) is 37.7 Å². The maximum absolute atomic E-state index is 12.2. The summed E-state index contributed by atoms with van der Waals surface area (Å²) in [6.45, 7) is 2.04. The molecule has 0 aromatic heterocycles. The second-order valence-corrected chi connectivity index (χ2v) is 6.40. The summed E-state index contributed by atoms with van der Waals surface area (Å²) in [7, 11) is 3.08. The average Bonchev–Trinajstić information content (AvgIpc) is 2.64. The minimum Gasteiger partial charge on any atom is -0.493 e. The third-order valence-corrected chi connectivity index (χ3v) is 4.27. The van der Waals surface area contributed by atoms with Crippen molar-refractivity contribution in [2.75, 3.05) is 20.8 Å². The van der Waals surface area contributed by atoms with Gasteiger partial charge in [-0.05, 0) is 36.6 Å². The van der Waals surface area contributed by atoms with Crippen LogP contribution in [0.2, 0.25) is 0 Å². The van der Waals surface area contributed by atoms with Crippen molar-refractivity contribution in [2.45, 2.75) is 19.8 Å². The Balaban J connectivity index is 1.95. The van der Waals surface area contributed by atoms with Gasteiger partial charge in [-0.3, -0.25) is 9.59 Å². The van der Waals surface area contributed by atoms with Gasteiger partial charge in [-0.25, -0.2) is 0 Å². The van der Waals surface area contributed by atoms with Gasteiger partial charge >= 0.3 is 5.97 Å². The first-order valence-electron chi connectivity index (χ1n) is 8.69. The Hall–Kier alpha value is -3.02. The van der Waals surface area contributed by atoms with Crippen molar-refractivity contribution in [3.05, 3.63) is 59.2 Å². The van der Waals surface area contributed by atoms with Gasteiger partial charge in [-0.2, -0.15) is 0 Å². The monoisotopic (exact) mass is 371 g/mol. The van der Waals surface area contributed by atoms with E-state index in [0.29, 0.717) is 17.9 Å². The molecule has 0 heterocycles.